The summed E-state index contributed by atoms with van der Waals surface area (Å²) >= 11 is 1.35. The zero-order chi connectivity index (χ0) is 8.81. The summed E-state index contributed by atoms with van der Waals surface area (Å²) in [5.41, 5.74) is 0. The molecule has 0 unspecified atom stereocenters. The molecule has 0 aliphatic rings. The zero-order valence-electron chi connectivity index (χ0n) is 6.53. The van der Waals surface area contributed by atoms with Crippen LogP contribution in [-0.4, -0.2) is 24.3 Å². The first-order valence-corrected chi connectivity index (χ1v) is 4.54. The Balaban J connectivity index is 2.30. The molecule has 1 aromatic rings. The van der Waals surface area contributed by atoms with Gasteiger partial charge in [-0.2, -0.15) is 0 Å². The molecule has 0 bridgehead atoms. The van der Waals surface area contributed by atoms with E-state index in [9.17, 15) is 4.79 Å². The molecule has 1 rings (SSSR count). The Morgan fingerprint density at radius 3 is 3.08 bits per heavy atom. The summed E-state index contributed by atoms with van der Waals surface area (Å²) in [5, 5.41) is 10.2. The van der Waals surface area contributed by atoms with E-state index in [0.29, 0.717) is 11.3 Å². The molecule has 0 aliphatic carbocycles. The normalized spacial score (nSPS) is 9.75. The molecular weight excluding hydrogens is 176 g/mol. The number of hydrogen-bond acceptors (Lipinski definition) is 4. The van der Waals surface area contributed by atoms with Crippen LogP contribution in [0.3, 0.4) is 0 Å². The van der Waals surface area contributed by atoms with Gasteiger partial charge in [0.2, 0.25) is 0 Å². The molecule has 0 aliphatic heterocycles. The summed E-state index contributed by atoms with van der Waals surface area (Å²) in [6, 6.07) is 3.51. The van der Waals surface area contributed by atoms with Gasteiger partial charge in [0, 0.05) is 13.0 Å². The monoisotopic (exact) mass is 186 g/mol. The molecule has 12 heavy (non-hydrogen) atoms. The van der Waals surface area contributed by atoms with Crippen molar-refractivity contribution in [2.45, 2.75) is 6.42 Å². The minimum atomic E-state index is -0.307. The second kappa shape index (κ2) is 4.90. The molecule has 0 aromatic carbocycles. The summed E-state index contributed by atoms with van der Waals surface area (Å²) < 4.78 is 4.84. The van der Waals surface area contributed by atoms with Crippen LogP contribution in [0.5, 0.6) is 0 Å². The Kier molecular flexibility index (Phi) is 3.76. The number of carbonyl (C=O) groups excluding carboxylic acids is 1. The Morgan fingerprint density at radius 1 is 1.67 bits per heavy atom. The van der Waals surface area contributed by atoms with Crippen molar-refractivity contribution in [2.24, 2.45) is 0 Å². The van der Waals surface area contributed by atoms with Gasteiger partial charge in [0.15, 0.2) is 0 Å². The van der Waals surface area contributed by atoms with Crippen molar-refractivity contribution in [1.82, 2.24) is 0 Å². The Morgan fingerprint density at radius 2 is 2.50 bits per heavy atom. The van der Waals surface area contributed by atoms with Crippen LogP contribution in [0.1, 0.15) is 16.1 Å². The van der Waals surface area contributed by atoms with Crippen LogP contribution in [0.4, 0.5) is 0 Å². The molecule has 0 atom stereocenters. The van der Waals surface area contributed by atoms with Gasteiger partial charge in [-0.15, -0.1) is 11.3 Å². The van der Waals surface area contributed by atoms with Crippen LogP contribution < -0.4 is 0 Å². The maximum atomic E-state index is 11.1. The highest BCUT2D eigenvalue weighted by atomic mass is 32.1. The molecule has 0 fully saturated rings. The van der Waals surface area contributed by atoms with Crippen molar-refractivity contribution in [3.63, 3.8) is 0 Å². The molecule has 0 saturated heterocycles. The molecule has 4 heteroatoms. The molecule has 0 radical (unpaired) electrons. The summed E-state index contributed by atoms with van der Waals surface area (Å²) in [5.74, 6) is -0.307. The zero-order valence-corrected chi connectivity index (χ0v) is 7.34. The first-order valence-electron chi connectivity index (χ1n) is 3.66. The average Bonchev–Trinajstić information content (AvgIpc) is 2.56. The van der Waals surface area contributed by atoms with E-state index in [4.69, 9.17) is 9.84 Å². The maximum absolute atomic E-state index is 11.1. The molecule has 0 spiro atoms. The third-order valence-corrected chi connectivity index (χ3v) is 2.11. The van der Waals surface area contributed by atoms with Crippen LogP contribution in [0.15, 0.2) is 17.5 Å². The van der Waals surface area contributed by atoms with Gasteiger partial charge in [-0.05, 0) is 11.4 Å². The summed E-state index contributed by atoms with van der Waals surface area (Å²) in [7, 11) is 0. The van der Waals surface area contributed by atoms with Crippen molar-refractivity contribution in [3.8, 4) is 0 Å². The average molecular weight is 186 g/mol. The third-order valence-electron chi connectivity index (χ3n) is 1.26. The first kappa shape index (κ1) is 9.22. The van der Waals surface area contributed by atoms with Crippen molar-refractivity contribution >= 4 is 17.3 Å². The number of rotatable bonds is 4. The van der Waals surface area contributed by atoms with E-state index in [0.717, 1.165) is 0 Å². The molecule has 66 valence electrons. The van der Waals surface area contributed by atoms with Gasteiger partial charge in [0.25, 0.3) is 0 Å². The highest BCUT2D eigenvalue weighted by Crippen LogP contribution is 2.09. The number of esters is 1. The SMILES string of the molecule is O=C(OCCCO)c1cccs1. The quantitative estimate of drug-likeness (QED) is 0.569. The number of aliphatic hydroxyl groups excluding tert-OH is 1. The molecule has 1 N–H and O–H groups in total. The second-order valence-corrected chi connectivity index (χ2v) is 3.14. The highest BCUT2D eigenvalue weighted by Gasteiger charge is 2.06. The van der Waals surface area contributed by atoms with E-state index in [1.54, 1.807) is 12.1 Å². The van der Waals surface area contributed by atoms with Gasteiger partial charge >= 0.3 is 5.97 Å². The van der Waals surface area contributed by atoms with E-state index in [-0.39, 0.29) is 19.2 Å². The number of thiophene rings is 1. The molecule has 1 aromatic heterocycles. The van der Waals surface area contributed by atoms with Crippen molar-refractivity contribution in [3.05, 3.63) is 22.4 Å². The number of hydrogen-bond donors (Lipinski definition) is 1. The smallest absolute Gasteiger partial charge is 0.348 e. The number of aliphatic hydroxyl groups is 1. The number of ether oxygens (including phenoxy) is 1. The number of carbonyl (C=O) groups is 1. The lowest BCUT2D eigenvalue weighted by molar-refractivity contribution is 0.0488. The summed E-state index contributed by atoms with van der Waals surface area (Å²) in [6.45, 7) is 0.338. The van der Waals surface area contributed by atoms with E-state index in [1.807, 2.05) is 5.38 Å². The Labute approximate surface area is 74.6 Å². The van der Waals surface area contributed by atoms with E-state index in [1.165, 1.54) is 11.3 Å². The van der Waals surface area contributed by atoms with Gasteiger partial charge in [0.1, 0.15) is 4.88 Å². The van der Waals surface area contributed by atoms with Crippen LogP contribution in [0, 0.1) is 0 Å². The molecular formula is C8H10O3S. The van der Waals surface area contributed by atoms with Gasteiger partial charge in [-0.3, -0.25) is 0 Å². The van der Waals surface area contributed by atoms with Crippen LogP contribution >= 0.6 is 11.3 Å². The predicted octanol–water partition coefficient (Wildman–Crippen LogP) is 1.29. The van der Waals surface area contributed by atoms with Gasteiger partial charge in [-0.1, -0.05) is 6.07 Å². The third kappa shape index (κ3) is 2.64. The minimum Gasteiger partial charge on any atom is -0.461 e. The Bertz CT molecular complexity index is 230. The van der Waals surface area contributed by atoms with Gasteiger partial charge in [-0.25, -0.2) is 4.79 Å². The fraction of sp³-hybridized carbons (Fsp3) is 0.375. The summed E-state index contributed by atoms with van der Waals surface area (Å²) in [6.07, 6.45) is 0.497. The molecule has 3 nitrogen and oxygen atoms in total. The standard InChI is InChI=1S/C8H10O3S/c9-4-2-5-11-8(10)7-3-1-6-12-7/h1,3,6,9H,2,4-5H2. The topological polar surface area (TPSA) is 46.5 Å². The lowest BCUT2D eigenvalue weighted by Gasteiger charge is -1.99. The minimum absolute atomic E-state index is 0.0533. The summed E-state index contributed by atoms with van der Waals surface area (Å²) in [4.78, 5) is 11.7. The highest BCUT2D eigenvalue weighted by molar-refractivity contribution is 7.11. The van der Waals surface area contributed by atoms with Crippen molar-refractivity contribution in [1.29, 1.82) is 0 Å². The van der Waals surface area contributed by atoms with E-state index < -0.39 is 0 Å². The fourth-order valence-corrected chi connectivity index (χ4v) is 1.31. The van der Waals surface area contributed by atoms with Gasteiger partial charge in [0.05, 0.1) is 6.61 Å². The van der Waals surface area contributed by atoms with Crippen molar-refractivity contribution in [2.75, 3.05) is 13.2 Å². The first-order chi connectivity index (χ1) is 5.84. The van der Waals surface area contributed by atoms with E-state index in [2.05, 4.69) is 0 Å². The molecule has 0 amide bonds. The van der Waals surface area contributed by atoms with E-state index >= 15 is 0 Å². The lowest BCUT2D eigenvalue weighted by Crippen LogP contribution is -2.05. The predicted molar refractivity (Wildman–Crippen MR) is 46.3 cm³/mol. The Hall–Kier alpha value is -0.870. The molecule has 0 saturated carbocycles. The largest absolute Gasteiger partial charge is 0.461 e. The van der Waals surface area contributed by atoms with Crippen LogP contribution in [0.2, 0.25) is 0 Å². The molecule has 1 heterocycles. The van der Waals surface area contributed by atoms with Gasteiger partial charge < -0.3 is 9.84 Å². The van der Waals surface area contributed by atoms with Crippen molar-refractivity contribution < 1.29 is 14.6 Å². The second-order valence-electron chi connectivity index (χ2n) is 2.19. The van der Waals surface area contributed by atoms with Crippen LogP contribution in [-0.2, 0) is 4.74 Å². The lowest BCUT2D eigenvalue weighted by atomic mass is 10.4. The van der Waals surface area contributed by atoms with Crippen LogP contribution in [0.25, 0.3) is 0 Å². The maximum Gasteiger partial charge on any atom is 0.348 e. The fourth-order valence-electron chi connectivity index (χ4n) is 0.695.